The number of hydrogen-bond donors (Lipinski definition) is 2. The molecule has 1 aliphatic heterocycles. The summed E-state index contributed by atoms with van der Waals surface area (Å²) in [7, 11) is -4.27. The van der Waals surface area contributed by atoms with E-state index in [1.807, 2.05) is 6.07 Å². The van der Waals surface area contributed by atoms with Gasteiger partial charge in [0.25, 0.3) is 21.8 Å². The van der Waals surface area contributed by atoms with Crippen LogP contribution in [-0.2, 0) is 24.3 Å². The number of carbonyl (C=O) groups excluding carboxylic acids is 4. The number of amides is 3. The molecule has 5 rings (SSSR count). The third kappa shape index (κ3) is 11.7. The van der Waals surface area contributed by atoms with Gasteiger partial charge in [-0.25, -0.2) is 18.1 Å². The van der Waals surface area contributed by atoms with Crippen molar-refractivity contribution in [1.82, 2.24) is 4.90 Å². The van der Waals surface area contributed by atoms with Crippen molar-refractivity contribution < 1.29 is 41.5 Å². The summed E-state index contributed by atoms with van der Waals surface area (Å²) in [5.41, 5.74) is 1.26. The summed E-state index contributed by atoms with van der Waals surface area (Å²) in [6.07, 6.45) is 13.4. The highest BCUT2D eigenvalue weighted by Crippen LogP contribution is 2.31. The third-order valence-corrected chi connectivity index (χ3v) is 11.3. The predicted octanol–water partition coefficient (Wildman–Crippen LogP) is 10.0. The summed E-state index contributed by atoms with van der Waals surface area (Å²) < 4.78 is 46.4. The monoisotopic (exact) mass is 819 g/mol. The Labute approximate surface area is 339 Å². The maximum atomic E-state index is 13.9. The molecule has 14 heteroatoms. The number of carbonyl (C=O) groups is 4. The second-order valence-corrected chi connectivity index (χ2v) is 16.1. The summed E-state index contributed by atoms with van der Waals surface area (Å²) in [5.74, 6) is -3.04. The molecule has 2 atom stereocenters. The van der Waals surface area contributed by atoms with Gasteiger partial charge in [-0.1, -0.05) is 132 Å². The van der Waals surface area contributed by atoms with Crippen molar-refractivity contribution in [3.8, 4) is 16.9 Å². The Bertz CT molecular complexity index is 2110. The van der Waals surface area contributed by atoms with Crippen molar-refractivity contribution in [3.63, 3.8) is 0 Å². The topological polar surface area (TPSA) is 161 Å². The molecule has 1 aliphatic rings. The Morgan fingerprint density at radius 3 is 2.09 bits per heavy atom. The first kappa shape index (κ1) is 43.0. The number of sulfonamides is 1. The number of Topliss-reactive ketones (excluding diaryl/α,β-unsaturated/α-hetero) is 1. The highest BCUT2D eigenvalue weighted by Gasteiger charge is 2.49. The Balaban J connectivity index is 1.22. The van der Waals surface area contributed by atoms with E-state index in [0.29, 0.717) is 22.8 Å². The number of hydrogen-bond acceptors (Lipinski definition) is 9. The van der Waals surface area contributed by atoms with Crippen molar-refractivity contribution >= 4 is 56.7 Å². The lowest BCUT2D eigenvalue weighted by Gasteiger charge is -2.22. The van der Waals surface area contributed by atoms with E-state index in [9.17, 15) is 27.6 Å². The van der Waals surface area contributed by atoms with E-state index in [2.05, 4.69) is 17.0 Å². The zero-order valence-electron chi connectivity index (χ0n) is 32.3. The van der Waals surface area contributed by atoms with Crippen LogP contribution in [0.1, 0.15) is 101 Å². The van der Waals surface area contributed by atoms with Gasteiger partial charge >= 0.3 is 6.09 Å². The van der Waals surface area contributed by atoms with Crippen molar-refractivity contribution in [1.29, 1.82) is 0 Å². The van der Waals surface area contributed by atoms with Gasteiger partial charge in [-0.05, 0) is 55.3 Å². The molecule has 2 N–H and O–H groups in total. The molecule has 4 aromatic rings. The van der Waals surface area contributed by atoms with Gasteiger partial charge in [-0.15, -0.1) is 0 Å². The first-order chi connectivity index (χ1) is 27.5. The van der Waals surface area contributed by atoms with Crippen molar-refractivity contribution in [3.05, 3.63) is 95.9 Å². The van der Waals surface area contributed by atoms with E-state index < -0.39 is 45.9 Å². The van der Waals surface area contributed by atoms with E-state index in [0.717, 1.165) is 30.9 Å². The number of ether oxygens (including phenoxy) is 2. The number of para-hydroxylation sites is 2. The lowest BCUT2D eigenvalue weighted by molar-refractivity contribution is -0.133. The van der Waals surface area contributed by atoms with E-state index in [1.54, 1.807) is 48.5 Å². The van der Waals surface area contributed by atoms with E-state index >= 15 is 0 Å². The average Bonchev–Trinajstić information content (AvgIpc) is 3.79. The number of benzene rings is 3. The average molecular weight is 820 g/mol. The highest BCUT2D eigenvalue weighted by atomic mass is 35.5. The van der Waals surface area contributed by atoms with Gasteiger partial charge in [-0.3, -0.25) is 19.1 Å². The van der Waals surface area contributed by atoms with Gasteiger partial charge in [0.1, 0.15) is 5.75 Å². The van der Waals surface area contributed by atoms with Gasteiger partial charge in [0, 0.05) is 5.56 Å². The molecule has 2 unspecified atom stereocenters. The van der Waals surface area contributed by atoms with Gasteiger partial charge in [0.05, 0.1) is 34.2 Å². The van der Waals surface area contributed by atoms with Crippen LogP contribution in [0.25, 0.3) is 11.1 Å². The smallest absolute Gasteiger partial charge is 0.418 e. The second kappa shape index (κ2) is 20.9. The molecule has 57 heavy (non-hydrogen) atoms. The summed E-state index contributed by atoms with van der Waals surface area (Å²) in [6, 6.07) is 18.6. The minimum absolute atomic E-state index is 0.0762. The molecule has 0 spiro atoms. The number of furan rings is 1. The zero-order chi connectivity index (χ0) is 40.8. The van der Waals surface area contributed by atoms with Crippen LogP contribution in [0.3, 0.4) is 0 Å². The molecule has 0 bridgehead atoms. The number of nitrogens with one attached hydrogen (secondary N) is 2. The lowest BCUT2D eigenvalue weighted by Crippen LogP contribution is -2.52. The molecule has 0 saturated carbocycles. The number of imide groups is 1. The number of cyclic esters (lactones) is 1. The Kier molecular flexibility index (Phi) is 15.7. The van der Waals surface area contributed by atoms with Gasteiger partial charge < -0.3 is 19.2 Å². The quantitative estimate of drug-likeness (QED) is 0.0422. The molecule has 1 aromatic heterocycles. The third-order valence-electron chi connectivity index (χ3n) is 9.66. The molecule has 1 saturated heterocycles. The molecule has 12 nitrogen and oxygen atoms in total. The molecule has 2 heterocycles. The van der Waals surface area contributed by atoms with Crippen LogP contribution >= 0.6 is 11.6 Å². The van der Waals surface area contributed by atoms with E-state index in [1.165, 1.54) is 89.2 Å². The molecule has 3 aromatic carbocycles. The van der Waals surface area contributed by atoms with Crippen LogP contribution in [0.5, 0.6) is 5.75 Å². The number of unbranched alkanes of at least 4 members (excludes halogenated alkanes) is 11. The number of rotatable bonds is 23. The molecule has 0 aliphatic carbocycles. The molecular formula is C43H50ClN3O9S. The lowest BCUT2D eigenvalue weighted by atomic mass is 10.0. The predicted molar refractivity (Wildman–Crippen MR) is 219 cm³/mol. The van der Waals surface area contributed by atoms with Crippen molar-refractivity contribution in [2.24, 2.45) is 0 Å². The molecule has 1 fully saturated rings. The molecular weight excluding hydrogens is 770 g/mol. The maximum absolute atomic E-state index is 13.9. The van der Waals surface area contributed by atoms with Crippen LogP contribution in [0.4, 0.5) is 16.2 Å². The maximum Gasteiger partial charge on any atom is 0.418 e. The highest BCUT2D eigenvalue weighted by molar-refractivity contribution is 7.92. The molecule has 3 amide bonds. The minimum Gasteiger partial charge on any atom is -0.491 e. The number of nitrogens with zero attached hydrogens (tertiary/aromatic N) is 1. The van der Waals surface area contributed by atoms with Crippen molar-refractivity contribution in [2.45, 2.75) is 108 Å². The van der Waals surface area contributed by atoms with Gasteiger partial charge in [-0.2, -0.15) is 0 Å². The Hall–Kier alpha value is -5.14. The largest absolute Gasteiger partial charge is 0.491 e. The van der Waals surface area contributed by atoms with Crippen LogP contribution in [0.2, 0.25) is 5.02 Å². The zero-order valence-corrected chi connectivity index (χ0v) is 33.9. The first-order valence-corrected chi connectivity index (χ1v) is 21.4. The molecule has 0 radical (unpaired) electrons. The van der Waals surface area contributed by atoms with Crippen molar-refractivity contribution in [2.75, 3.05) is 16.6 Å². The van der Waals surface area contributed by atoms with Crippen LogP contribution in [0, 0.1) is 0 Å². The minimum atomic E-state index is -4.27. The second-order valence-electron chi connectivity index (χ2n) is 14.0. The summed E-state index contributed by atoms with van der Waals surface area (Å²) in [6.45, 7) is 3.96. The Morgan fingerprint density at radius 1 is 0.807 bits per heavy atom. The number of halogens is 1. The normalized spacial score (nSPS) is 14.6. The summed E-state index contributed by atoms with van der Waals surface area (Å²) in [5, 5.41) is 2.36. The summed E-state index contributed by atoms with van der Waals surface area (Å²) in [4.78, 5) is 53.7. The SMILES string of the molecule is CCCCCCCCCCCCCCOc1ccccc1NS(=O)(=O)c1ccc(Cl)c(NC(=O)C(C(=O)c2cc(-c3ccccc3)co2)N2C(=O)OC(C)C2=O)c1. The fourth-order valence-corrected chi connectivity index (χ4v) is 7.75. The van der Waals surface area contributed by atoms with Gasteiger partial charge in [0.15, 0.2) is 17.9 Å². The van der Waals surface area contributed by atoms with Gasteiger partial charge in [0.2, 0.25) is 5.78 Å². The number of anilines is 2. The number of ketones is 1. The molecule has 304 valence electrons. The van der Waals surface area contributed by atoms with E-state index in [4.69, 9.17) is 25.5 Å². The fraction of sp³-hybridized carbons (Fsp3) is 0.395. The standard InChI is InChI=1S/C43H50ClN3O9S/c1-3-4-5-6-7-8-9-10-11-12-13-19-26-54-37-23-18-17-22-35(37)46-57(52,53)33-24-25-34(44)36(28-33)45-41(49)39(47-42(50)30(2)56-43(47)51)40(48)38-27-32(29-55-38)31-20-15-14-16-21-31/h14-18,20-25,27-30,39,46H,3-13,19,26H2,1-2H3,(H,45,49). The summed E-state index contributed by atoms with van der Waals surface area (Å²) >= 11 is 6.41. The fourth-order valence-electron chi connectivity index (χ4n) is 6.49. The first-order valence-electron chi connectivity index (χ1n) is 19.6. The Morgan fingerprint density at radius 2 is 1.44 bits per heavy atom. The van der Waals surface area contributed by atoms with Crippen LogP contribution < -0.4 is 14.8 Å². The van der Waals surface area contributed by atoms with Crippen LogP contribution in [-0.4, -0.2) is 55.8 Å². The van der Waals surface area contributed by atoms with Crippen LogP contribution in [0.15, 0.2) is 94.4 Å². The van der Waals surface area contributed by atoms with E-state index in [-0.39, 0.29) is 27.1 Å².